The molecule has 2 rings (SSSR count). The highest BCUT2D eigenvalue weighted by Crippen LogP contribution is 2.26. The topological polar surface area (TPSA) is 191 Å². The molecule has 16 heteroatoms. The van der Waals surface area contributed by atoms with Crippen molar-refractivity contribution in [1.82, 2.24) is 9.80 Å². The Balaban J connectivity index is 2.15. The third-order valence-electron chi connectivity index (χ3n) is 14.8. The Morgan fingerprint density at radius 2 is 0.671 bits per heavy atom. The van der Waals surface area contributed by atoms with Gasteiger partial charge in [-0.1, -0.05) is 169 Å². The lowest BCUT2D eigenvalue weighted by molar-refractivity contribution is -0.156. The van der Waals surface area contributed by atoms with Crippen LogP contribution in [0, 0.1) is 11.8 Å². The van der Waals surface area contributed by atoms with Crippen molar-refractivity contribution in [3.8, 4) is 0 Å². The van der Waals surface area contributed by atoms with Gasteiger partial charge in [-0.2, -0.15) is 0 Å². The highest BCUT2D eigenvalue weighted by molar-refractivity contribution is 5.73. The van der Waals surface area contributed by atoms with Crippen molar-refractivity contribution in [3.63, 3.8) is 0 Å². The number of likely N-dealkylation sites (N-methyl/N-ethyl adjacent to an activating group) is 1. The lowest BCUT2D eigenvalue weighted by atomic mass is 10.1. The number of hydrogen-bond donors (Lipinski definition) is 0. The Hall–Kier alpha value is -3.95. The molecule has 0 bridgehead atoms. The van der Waals surface area contributed by atoms with Crippen molar-refractivity contribution in [2.45, 2.75) is 271 Å². The monoisotopic (exact) mass is 1080 g/mol. The van der Waals surface area contributed by atoms with Gasteiger partial charge in [0, 0.05) is 43.6 Å². The first-order valence-electron chi connectivity index (χ1n) is 30.5. The molecule has 16 nitrogen and oxygen atoms in total. The molecule has 0 aromatic rings. The fourth-order valence-electron chi connectivity index (χ4n) is 9.61. The van der Waals surface area contributed by atoms with Crippen LogP contribution in [0.1, 0.15) is 252 Å². The van der Waals surface area contributed by atoms with Crippen LogP contribution >= 0.6 is 0 Å². The van der Waals surface area contributed by atoms with Crippen LogP contribution in [0.3, 0.4) is 0 Å². The quantitative estimate of drug-likeness (QED) is 0.0317. The van der Waals surface area contributed by atoms with Gasteiger partial charge in [0.2, 0.25) is 0 Å². The van der Waals surface area contributed by atoms with Gasteiger partial charge in [0.15, 0.2) is 0 Å². The maximum Gasteiger partial charge on any atom is 0.410 e. The van der Waals surface area contributed by atoms with Crippen molar-refractivity contribution in [2.24, 2.45) is 11.8 Å². The molecule has 0 N–H and O–H groups in total. The van der Waals surface area contributed by atoms with Gasteiger partial charge in [0.25, 0.3) is 0 Å². The predicted octanol–water partition coefficient (Wildman–Crippen LogP) is 12.7. The fraction of sp³-hybridized carbons (Fsp3) is 0.883. The van der Waals surface area contributed by atoms with E-state index in [1.807, 2.05) is 7.05 Å². The molecule has 0 saturated carbocycles. The molecule has 2 aliphatic heterocycles. The van der Waals surface area contributed by atoms with Gasteiger partial charge in [0.1, 0.15) is 19.8 Å². The summed E-state index contributed by atoms with van der Waals surface area (Å²) in [6, 6.07) is -1.12. The van der Waals surface area contributed by atoms with Gasteiger partial charge in [0.05, 0.1) is 51.4 Å². The Bertz CT molecular complexity index is 1420. The number of unbranched alkanes of at least 4 members (excludes halogenated alkanes) is 20. The molecule has 2 heterocycles. The lowest BCUT2D eigenvalue weighted by Gasteiger charge is -2.39. The lowest BCUT2D eigenvalue weighted by Crippen LogP contribution is -2.53. The van der Waals surface area contributed by atoms with E-state index >= 15 is 0 Å². The van der Waals surface area contributed by atoms with Crippen LogP contribution in [-0.2, 0) is 61.9 Å². The summed E-state index contributed by atoms with van der Waals surface area (Å²) < 4.78 is 40.2. The Morgan fingerprint density at radius 1 is 0.368 bits per heavy atom. The van der Waals surface area contributed by atoms with Crippen LogP contribution in [0.2, 0.25) is 0 Å². The summed E-state index contributed by atoms with van der Waals surface area (Å²) in [6.45, 7) is 8.98. The van der Waals surface area contributed by atoms with E-state index in [0.29, 0.717) is 51.4 Å². The van der Waals surface area contributed by atoms with Gasteiger partial charge < -0.3 is 33.2 Å². The molecule has 0 aromatic carbocycles. The smallest absolute Gasteiger partial charge is 0.410 e. The van der Waals surface area contributed by atoms with Crippen LogP contribution in [0.25, 0.3) is 0 Å². The maximum atomic E-state index is 14.1. The second-order valence-corrected chi connectivity index (χ2v) is 21.8. The minimum Gasteiger partial charge on any atom is -0.465 e. The van der Waals surface area contributed by atoms with E-state index in [1.54, 1.807) is 4.90 Å². The third-order valence-corrected chi connectivity index (χ3v) is 14.8. The van der Waals surface area contributed by atoms with Crippen molar-refractivity contribution in [2.75, 3.05) is 59.8 Å². The zero-order chi connectivity index (χ0) is 55.4. The number of ether oxygens (including phenoxy) is 7. The Labute approximate surface area is 459 Å². The molecular formula is C60H106N2O14. The number of hydrogen-bond acceptors (Lipinski definition) is 15. The van der Waals surface area contributed by atoms with E-state index in [1.165, 1.54) is 25.7 Å². The van der Waals surface area contributed by atoms with E-state index in [4.69, 9.17) is 33.2 Å². The summed E-state index contributed by atoms with van der Waals surface area (Å²) in [7, 11) is 1.97. The normalized spacial score (nSPS) is 16.7. The van der Waals surface area contributed by atoms with Crippen LogP contribution < -0.4 is 0 Å². The molecule has 3 atom stereocenters. The summed E-state index contributed by atoms with van der Waals surface area (Å²) in [4.78, 5) is 96.1. The van der Waals surface area contributed by atoms with E-state index in [0.717, 1.165) is 116 Å². The van der Waals surface area contributed by atoms with Crippen molar-refractivity contribution in [1.29, 1.82) is 0 Å². The summed E-state index contributed by atoms with van der Waals surface area (Å²) in [5.41, 5.74) is 0. The van der Waals surface area contributed by atoms with Crippen LogP contribution in [-0.4, -0.2) is 130 Å². The Morgan fingerprint density at radius 3 is 0.961 bits per heavy atom. The minimum atomic E-state index is -0.632. The van der Waals surface area contributed by atoms with E-state index < -0.39 is 42.0 Å². The van der Waals surface area contributed by atoms with Gasteiger partial charge in [-0.15, -0.1) is 0 Å². The van der Waals surface area contributed by atoms with Crippen molar-refractivity contribution < 1.29 is 66.7 Å². The average molecular weight is 1080 g/mol. The van der Waals surface area contributed by atoms with Crippen LogP contribution in [0.4, 0.5) is 4.79 Å². The first-order valence-corrected chi connectivity index (χ1v) is 30.5. The molecule has 2 saturated heterocycles. The summed E-state index contributed by atoms with van der Waals surface area (Å²) in [5.74, 6) is -3.89. The molecule has 2 aliphatic rings. The molecule has 0 aliphatic carbocycles. The number of carbonyl (C=O) groups is 7. The SMILES string of the molecule is CCCCCCCCC(=O)OCC(COC(=O)CCCCCCCC)CC(=O)OC[C@@H]1CCCC[C@@H](COC(=O)CC(COC(=O)CCCCCCCC)COC(=O)CCCCCCCC)N1C(=O)OCC1CCN1C. The van der Waals surface area contributed by atoms with Crippen molar-refractivity contribution >= 4 is 41.9 Å². The molecule has 1 amide bonds. The van der Waals surface area contributed by atoms with Gasteiger partial charge in [-0.3, -0.25) is 38.6 Å². The molecule has 2 fully saturated rings. The first-order chi connectivity index (χ1) is 36.9. The summed E-state index contributed by atoms with van der Waals surface area (Å²) in [6.07, 6.45) is 28.1. The number of esters is 6. The van der Waals surface area contributed by atoms with Crippen molar-refractivity contribution in [3.05, 3.63) is 0 Å². The number of nitrogens with zero attached hydrogens (tertiary/aromatic N) is 2. The minimum absolute atomic E-state index is 0.0805. The fourth-order valence-corrected chi connectivity index (χ4v) is 9.61. The van der Waals surface area contributed by atoms with Crippen LogP contribution in [0.15, 0.2) is 0 Å². The second kappa shape index (κ2) is 45.0. The molecule has 0 spiro atoms. The summed E-state index contributed by atoms with van der Waals surface area (Å²) in [5, 5.41) is 0. The standard InChI is InChI=1S/C60H106N2O14/c1-6-10-14-18-22-26-34-54(63)70-42-49(43-71-55(64)35-27-23-19-15-11-7-2)40-58(67)74-47-52-32-30-31-33-53(62(52)60(69)76-46-51-38-39-61(51)5)48-75-59(68)41-50(44-72-56(65)36-28-24-20-16-12-8-3)45-73-57(66)37-29-25-21-17-13-9-4/h49-53H,6-48H2,1-5H3/t51?,52-,53-/m0/s1. The Kier molecular flexibility index (Phi) is 40.3. The molecule has 440 valence electrons. The molecule has 0 aromatic heterocycles. The van der Waals surface area contributed by atoms with E-state index in [-0.39, 0.29) is 115 Å². The second-order valence-electron chi connectivity index (χ2n) is 21.8. The first kappa shape index (κ1) is 68.2. The predicted molar refractivity (Wildman–Crippen MR) is 294 cm³/mol. The molecule has 0 radical (unpaired) electrons. The number of carbonyl (C=O) groups excluding carboxylic acids is 7. The zero-order valence-corrected chi connectivity index (χ0v) is 48.4. The molecule has 1 unspecified atom stereocenters. The summed E-state index contributed by atoms with van der Waals surface area (Å²) >= 11 is 0. The largest absolute Gasteiger partial charge is 0.465 e. The highest BCUT2D eigenvalue weighted by atomic mass is 16.6. The zero-order valence-electron chi connectivity index (χ0n) is 48.4. The highest BCUT2D eigenvalue weighted by Gasteiger charge is 2.37. The van der Waals surface area contributed by atoms with Gasteiger partial charge in [-0.05, 0) is 58.5 Å². The average Bonchev–Trinajstić information content (AvgIpc) is 3.62. The van der Waals surface area contributed by atoms with Gasteiger partial charge >= 0.3 is 41.9 Å². The van der Waals surface area contributed by atoms with Gasteiger partial charge in [-0.25, -0.2) is 4.79 Å². The van der Waals surface area contributed by atoms with E-state index in [9.17, 15) is 33.6 Å². The maximum absolute atomic E-state index is 14.1. The number of rotatable bonds is 46. The molecule has 76 heavy (non-hydrogen) atoms. The number of likely N-dealkylation sites (tertiary alicyclic amines) is 2. The third kappa shape index (κ3) is 34.0. The van der Waals surface area contributed by atoms with Crippen LogP contribution in [0.5, 0.6) is 0 Å². The van der Waals surface area contributed by atoms with E-state index in [2.05, 4.69) is 32.6 Å². The molecular weight excluding hydrogens is 973 g/mol. The number of amides is 1.